The molecule has 0 radical (unpaired) electrons. The minimum atomic E-state index is 0.189. The summed E-state index contributed by atoms with van der Waals surface area (Å²) in [6.45, 7) is 6.76. The van der Waals surface area contributed by atoms with E-state index in [4.69, 9.17) is 0 Å². The van der Waals surface area contributed by atoms with Gasteiger partial charge in [0.15, 0.2) is 0 Å². The molecule has 0 nitrogen and oxygen atoms in total. The van der Waals surface area contributed by atoms with Crippen LogP contribution < -0.4 is 0 Å². The fourth-order valence-electron chi connectivity index (χ4n) is 4.18. The zero-order valence-electron chi connectivity index (χ0n) is 16.7. The summed E-state index contributed by atoms with van der Waals surface area (Å²) in [7, 11) is 0. The van der Waals surface area contributed by atoms with Crippen LogP contribution in [0.2, 0.25) is 0 Å². The number of rotatable bonds is 2. The first kappa shape index (κ1) is 17.0. The largest absolute Gasteiger partial charge is 0.0610 e. The molecule has 0 amide bonds. The Morgan fingerprint density at radius 2 is 1.18 bits per heavy atom. The Hall–Kier alpha value is -3.12. The number of benzene rings is 5. The molecule has 5 rings (SSSR count). The van der Waals surface area contributed by atoms with Crippen molar-refractivity contribution >= 4 is 44.5 Å². The molecule has 28 heavy (non-hydrogen) atoms. The average Bonchev–Trinajstić information content (AvgIpc) is 2.70. The van der Waals surface area contributed by atoms with Crippen molar-refractivity contribution in [2.45, 2.75) is 26.2 Å². The van der Waals surface area contributed by atoms with Crippen LogP contribution in [0.4, 0.5) is 0 Å². The van der Waals surface area contributed by atoms with E-state index in [1.54, 1.807) is 0 Å². The lowest BCUT2D eigenvalue weighted by Gasteiger charge is -2.18. The van der Waals surface area contributed by atoms with Crippen LogP contribution in [0.1, 0.15) is 37.5 Å². The Kier molecular flexibility index (Phi) is 3.77. The maximum atomic E-state index is 2.27. The zero-order valence-corrected chi connectivity index (χ0v) is 16.7. The third-order valence-corrected chi connectivity index (χ3v) is 5.79. The van der Waals surface area contributed by atoms with E-state index in [1.807, 2.05) is 0 Å². The molecular formula is C28H24. The van der Waals surface area contributed by atoms with E-state index in [9.17, 15) is 0 Å². The summed E-state index contributed by atoms with van der Waals surface area (Å²) in [6, 6.07) is 28.9. The lowest BCUT2D eigenvalue weighted by molar-refractivity contribution is 0.590. The standard InChI is InChI=1S/C28H24/c1-28(2,3)24-16-8-19(9-17-24)7-10-20-11-12-23-14-13-21-5-4-6-22-15-18-25(20)27(23)26(21)22/h4-18H,1-3H3/b10-7+. The van der Waals surface area contributed by atoms with Crippen LogP contribution in [0, 0.1) is 0 Å². The molecule has 0 fully saturated rings. The van der Waals surface area contributed by atoms with Crippen LogP contribution in [0.3, 0.4) is 0 Å². The van der Waals surface area contributed by atoms with E-state index in [0.717, 1.165) is 0 Å². The van der Waals surface area contributed by atoms with Crippen LogP contribution in [-0.4, -0.2) is 0 Å². The van der Waals surface area contributed by atoms with Gasteiger partial charge in [0.05, 0.1) is 0 Å². The van der Waals surface area contributed by atoms with Gasteiger partial charge in [0.1, 0.15) is 0 Å². The van der Waals surface area contributed by atoms with E-state index in [-0.39, 0.29) is 5.41 Å². The molecule has 5 aromatic rings. The van der Waals surface area contributed by atoms with Crippen molar-refractivity contribution in [3.05, 3.63) is 95.6 Å². The van der Waals surface area contributed by atoms with Gasteiger partial charge in [-0.05, 0) is 54.4 Å². The lowest BCUT2D eigenvalue weighted by Crippen LogP contribution is -2.10. The Labute approximate surface area is 166 Å². The van der Waals surface area contributed by atoms with E-state index < -0.39 is 0 Å². The third-order valence-electron chi connectivity index (χ3n) is 5.79. The van der Waals surface area contributed by atoms with Crippen molar-refractivity contribution in [3.63, 3.8) is 0 Å². The van der Waals surface area contributed by atoms with Crippen molar-refractivity contribution in [1.82, 2.24) is 0 Å². The van der Waals surface area contributed by atoms with E-state index >= 15 is 0 Å². The minimum Gasteiger partial charge on any atom is -0.0610 e. The van der Waals surface area contributed by atoms with Gasteiger partial charge in [0, 0.05) is 0 Å². The van der Waals surface area contributed by atoms with Crippen LogP contribution >= 0.6 is 0 Å². The van der Waals surface area contributed by atoms with Crippen LogP contribution in [0.25, 0.3) is 44.5 Å². The van der Waals surface area contributed by atoms with Gasteiger partial charge in [0.25, 0.3) is 0 Å². The van der Waals surface area contributed by atoms with Gasteiger partial charge in [0.2, 0.25) is 0 Å². The Morgan fingerprint density at radius 1 is 0.571 bits per heavy atom. The highest BCUT2D eigenvalue weighted by atomic mass is 14.2. The van der Waals surface area contributed by atoms with Crippen molar-refractivity contribution < 1.29 is 0 Å². The predicted molar refractivity (Wildman–Crippen MR) is 124 cm³/mol. The SMILES string of the molecule is CC(C)(C)c1ccc(/C=C/c2ccc3ccc4cccc5ccc2c3c45)cc1. The van der Waals surface area contributed by atoms with E-state index in [2.05, 4.69) is 112 Å². The highest BCUT2D eigenvalue weighted by molar-refractivity contribution is 6.24. The Bertz CT molecular complexity index is 1300. The van der Waals surface area contributed by atoms with Crippen molar-refractivity contribution in [2.24, 2.45) is 0 Å². The first-order valence-corrected chi connectivity index (χ1v) is 9.96. The monoisotopic (exact) mass is 360 g/mol. The van der Waals surface area contributed by atoms with Crippen molar-refractivity contribution in [1.29, 1.82) is 0 Å². The second-order valence-corrected chi connectivity index (χ2v) is 8.72. The molecule has 0 heterocycles. The third kappa shape index (κ3) is 2.77. The van der Waals surface area contributed by atoms with Gasteiger partial charge in [-0.25, -0.2) is 0 Å². The smallest absolute Gasteiger partial charge is 0.00208 e. The predicted octanol–water partition coefficient (Wildman–Crippen LogP) is 8.05. The van der Waals surface area contributed by atoms with Gasteiger partial charge >= 0.3 is 0 Å². The summed E-state index contributed by atoms with van der Waals surface area (Å²) in [4.78, 5) is 0. The molecule has 0 unspecified atom stereocenters. The Morgan fingerprint density at radius 3 is 1.86 bits per heavy atom. The number of hydrogen-bond donors (Lipinski definition) is 0. The summed E-state index contributed by atoms with van der Waals surface area (Å²) in [5.41, 5.74) is 4.06. The summed E-state index contributed by atoms with van der Waals surface area (Å²) < 4.78 is 0. The molecule has 0 atom stereocenters. The molecule has 5 aromatic carbocycles. The first-order valence-electron chi connectivity index (χ1n) is 9.96. The van der Waals surface area contributed by atoms with Gasteiger partial charge in [-0.1, -0.05) is 112 Å². The van der Waals surface area contributed by atoms with Crippen LogP contribution in [0.15, 0.2) is 78.9 Å². The first-order chi connectivity index (χ1) is 13.5. The molecule has 0 spiro atoms. The molecule has 0 bridgehead atoms. The van der Waals surface area contributed by atoms with Crippen molar-refractivity contribution in [2.75, 3.05) is 0 Å². The highest BCUT2D eigenvalue weighted by Crippen LogP contribution is 2.36. The van der Waals surface area contributed by atoms with Gasteiger partial charge in [-0.15, -0.1) is 0 Å². The van der Waals surface area contributed by atoms with Gasteiger partial charge < -0.3 is 0 Å². The highest BCUT2D eigenvalue weighted by Gasteiger charge is 2.12. The quantitative estimate of drug-likeness (QED) is 0.221. The Balaban J connectivity index is 1.62. The van der Waals surface area contributed by atoms with Gasteiger partial charge in [-0.2, -0.15) is 0 Å². The van der Waals surface area contributed by atoms with Gasteiger partial charge in [-0.3, -0.25) is 0 Å². The average molecular weight is 361 g/mol. The zero-order chi connectivity index (χ0) is 19.3. The fraction of sp³-hybridized carbons (Fsp3) is 0.143. The molecule has 0 aliphatic heterocycles. The molecule has 0 aliphatic carbocycles. The molecule has 0 aliphatic rings. The molecule has 0 saturated carbocycles. The maximum Gasteiger partial charge on any atom is -0.00208 e. The molecule has 0 saturated heterocycles. The van der Waals surface area contributed by atoms with E-state index in [1.165, 1.54) is 49.0 Å². The molecule has 0 heteroatoms. The minimum absolute atomic E-state index is 0.189. The molecular weight excluding hydrogens is 336 g/mol. The second-order valence-electron chi connectivity index (χ2n) is 8.72. The lowest BCUT2D eigenvalue weighted by atomic mass is 9.86. The maximum absolute atomic E-state index is 2.27. The summed E-state index contributed by atoms with van der Waals surface area (Å²) in [5, 5.41) is 8.02. The van der Waals surface area contributed by atoms with Crippen molar-refractivity contribution in [3.8, 4) is 0 Å². The summed E-state index contributed by atoms with van der Waals surface area (Å²) >= 11 is 0. The van der Waals surface area contributed by atoms with Crippen LogP contribution in [-0.2, 0) is 5.41 Å². The number of hydrogen-bond acceptors (Lipinski definition) is 0. The fourth-order valence-corrected chi connectivity index (χ4v) is 4.18. The normalized spacial score (nSPS) is 12.7. The molecule has 0 N–H and O–H groups in total. The summed E-state index contributed by atoms with van der Waals surface area (Å²) in [5.74, 6) is 0. The van der Waals surface area contributed by atoms with Crippen LogP contribution in [0.5, 0.6) is 0 Å². The topological polar surface area (TPSA) is 0 Å². The summed E-state index contributed by atoms with van der Waals surface area (Å²) in [6.07, 6.45) is 4.47. The molecule has 0 aromatic heterocycles. The van der Waals surface area contributed by atoms with E-state index in [0.29, 0.717) is 0 Å². The second kappa shape index (κ2) is 6.21. The molecule has 136 valence electrons.